The highest BCUT2D eigenvalue weighted by Gasteiger charge is 2.24. The molecule has 0 saturated heterocycles. The molecule has 0 amide bonds. The molecule has 0 bridgehead atoms. The third-order valence-electron chi connectivity index (χ3n) is 3.69. The monoisotopic (exact) mass is 261 g/mol. The Labute approximate surface area is 111 Å². The van der Waals surface area contributed by atoms with E-state index in [1.807, 2.05) is 12.1 Å². The number of hydrogen-bond acceptors (Lipinski definition) is 2. The Hall–Kier alpha value is -1.19. The molecule has 1 aromatic carbocycles. The third kappa shape index (κ3) is 2.08. The number of rotatable bonds is 3. The average Bonchev–Trinajstić information content (AvgIpc) is 2.94. The fraction of sp³-hybridized carbons (Fsp3) is 0.333. The quantitative estimate of drug-likeness (QED) is 0.881. The van der Waals surface area contributed by atoms with Gasteiger partial charge in [-0.25, -0.2) is 4.39 Å². The lowest BCUT2D eigenvalue weighted by molar-refractivity contribution is 0.532. The second-order valence-electron chi connectivity index (χ2n) is 4.81. The van der Waals surface area contributed by atoms with Crippen LogP contribution in [-0.4, -0.2) is 0 Å². The van der Waals surface area contributed by atoms with Crippen molar-refractivity contribution in [2.75, 3.05) is 0 Å². The number of aryl methyl sites for hydroxylation is 1. The van der Waals surface area contributed by atoms with Gasteiger partial charge in [0.2, 0.25) is 0 Å². The lowest BCUT2D eigenvalue weighted by Crippen LogP contribution is -2.18. The van der Waals surface area contributed by atoms with Crippen molar-refractivity contribution in [3.8, 4) is 0 Å². The SMILES string of the molecule is Cc1ccsc1CNC1CCc2c(F)cccc21. The summed E-state index contributed by atoms with van der Waals surface area (Å²) in [5.41, 5.74) is 3.38. The highest BCUT2D eigenvalue weighted by molar-refractivity contribution is 7.10. The highest BCUT2D eigenvalue weighted by Crippen LogP contribution is 2.33. The Bertz CT molecular complexity index is 561. The predicted octanol–water partition coefficient (Wildman–Crippen LogP) is 3.97. The Morgan fingerprint density at radius 2 is 2.28 bits per heavy atom. The molecular formula is C15H16FNS. The normalized spacial score (nSPS) is 18.0. The van der Waals surface area contributed by atoms with E-state index in [-0.39, 0.29) is 5.82 Å². The summed E-state index contributed by atoms with van der Waals surface area (Å²) in [5, 5.41) is 5.67. The number of fused-ring (bicyclic) bond motifs is 1. The number of thiophene rings is 1. The Morgan fingerprint density at radius 1 is 1.39 bits per heavy atom. The maximum Gasteiger partial charge on any atom is 0.126 e. The number of nitrogens with one attached hydrogen (secondary N) is 1. The van der Waals surface area contributed by atoms with E-state index in [4.69, 9.17) is 0 Å². The molecule has 2 aromatic rings. The van der Waals surface area contributed by atoms with Gasteiger partial charge >= 0.3 is 0 Å². The van der Waals surface area contributed by atoms with Crippen molar-refractivity contribution >= 4 is 11.3 Å². The number of benzene rings is 1. The molecule has 18 heavy (non-hydrogen) atoms. The van der Waals surface area contributed by atoms with Crippen LogP contribution in [0.3, 0.4) is 0 Å². The van der Waals surface area contributed by atoms with Crippen LogP contribution >= 0.6 is 11.3 Å². The lowest BCUT2D eigenvalue weighted by atomic mass is 10.1. The average molecular weight is 261 g/mol. The molecule has 3 rings (SSSR count). The number of hydrogen-bond donors (Lipinski definition) is 1. The van der Waals surface area contributed by atoms with E-state index in [2.05, 4.69) is 23.7 Å². The lowest BCUT2D eigenvalue weighted by Gasteiger charge is -2.13. The summed E-state index contributed by atoms with van der Waals surface area (Å²) in [6.07, 6.45) is 1.85. The van der Waals surface area contributed by atoms with Crippen LogP contribution in [0.2, 0.25) is 0 Å². The number of halogens is 1. The van der Waals surface area contributed by atoms with Gasteiger partial charge in [-0.1, -0.05) is 12.1 Å². The zero-order valence-electron chi connectivity index (χ0n) is 10.4. The maximum atomic E-state index is 13.6. The van der Waals surface area contributed by atoms with E-state index in [1.54, 1.807) is 17.4 Å². The van der Waals surface area contributed by atoms with E-state index in [0.717, 1.165) is 30.5 Å². The summed E-state index contributed by atoms with van der Waals surface area (Å²) in [5.74, 6) is -0.0518. The van der Waals surface area contributed by atoms with Gasteiger partial charge in [0.1, 0.15) is 5.82 Å². The van der Waals surface area contributed by atoms with Gasteiger partial charge in [0.15, 0.2) is 0 Å². The van der Waals surface area contributed by atoms with Gasteiger partial charge in [-0.15, -0.1) is 11.3 Å². The van der Waals surface area contributed by atoms with Crippen molar-refractivity contribution < 1.29 is 4.39 Å². The molecule has 1 atom stereocenters. The van der Waals surface area contributed by atoms with Gasteiger partial charge < -0.3 is 5.32 Å². The van der Waals surface area contributed by atoms with Gasteiger partial charge in [-0.3, -0.25) is 0 Å². The second-order valence-corrected chi connectivity index (χ2v) is 5.81. The Balaban J connectivity index is 1.74. The van der Waals surface area contributed by atoms with E-state index < -0.39 is 0 Å². The fourth-order valence-corrected chi connectivity index (χ4v) is 3.48. The van der Waals surface area contributed by atoms with Crippen LogP contribution in [-0.2, 0) is 13.0 Å². The summed E-state index contributed by atoms with van der Waals surface area (Å²) < 4.78 is 13.6. The van der Waals surface area contributed by atoms with Gasteiger partial charge in [-0.05, 0) is 54.0 Å². The van der Waals surface area contributed by atoms with Crippen LogP contribution in [0, 0.1) is 12.7 Å². The van der Waals surface area contributed by atoms with Crippen LogP contribution in [0.4, 0.5) is 4.39 Å². The zero-order valence-corrected chi connectivity index (χ0v) is 11.2. The summed E-state index contributed by atoms with van der Waals surface area (Å²) in [6.45, 7) is 3.01. The van der Waals surface area contributed by atoms with E-state index in [1.165, 1.54) is 10.4 Å². The molecule has 94 valence electrons. The van der Waals surface area contributed by atoms with Gasteiger partial charge in [0, 0.05) is 17.5 Å². The van der Waals surface area contributed by atoms with Crippen LogP contribution in [0.5, 0.6) is 0 Å². The summed E-state index contributed by atoms with van der Waals surface area (Å²) in [4.78, 5) is 1.37. The zero-order chi connectivity index (χ0) is 12.5. The van der Waals surface area contributed by atoms with Crippen LogP contribution in [0.1, 0.15) is 34.0 Å². The molecule has 1 aliphatic carbocycles. The minimum Gasteiger partial charge on any atom is -0.305 e. The second kappa shape index (κ2) is 4.82. The minimum atomic E-state index is -0.0518. The molecule has 0 radical (unpaired) electrons. The standard InChI is InChI=1S/C15H16FNS/c1-10-7-8-18-15(10)9-17-14-6-5-11-12(14)3-2-4-13(11)16/h2-4,7-8,14,17H,5-6,9H2,1H3. The molecular weight excluding hydrogens is 245 g/mol. The third-order valence-corrected chi connectivity index (χ3v) is 4.71. The van der Waals surface area contributed by atoms with Crippen LogP contribution in [0.15, 0.2) is 29.6 Å². The smallest absolute Gasteiger partial charge is 0.126 e. The molecule has 3 heteroatoms. The molecule has 0 fully saturated rings. The highest BCUT2D eigenvalue weighted by atomic mass is 32.1. The first kappa shape index (κ1) is 11.9. The molecule has 1 N–H and O–H groups in total. The molecule has 1 aromatic heterocycles. The fourth-order valence-electron chi connectivity index (χ4n) is 2.62. The first-order chi connectivity index (χ1) is 8.75. The van der Waals surface area contributed by atoms with Crippen molar-refractivity contribution in [1.29, 1.82) is 0 Å². The maximum absolute atomic E-state index is 13.6. The van der Waals surface area contributed by atoms with Crippen molar-refractivity contribution in [1.82, 2.24) is 5.32 Å². The van der Waals surface area contributed by atoms with Crippen LogP contribution < -0.4 is 5.32 Å². The first-order valence-electron chi connectivity index (χ1n) is 6.29. The molecule has 1 heterocycles. The molecule has 1 unspecified atom stereocenters. The van der Waals surface area contributed by atoms with Crippen molar-refractivity contribution in [3.05, 3.63) is 57.0 Å². The summed E-state index contributed by atoms with van der Waals surface area (Å²) >= 11 is 1.78. The van der Waals surface area contributed by atoms with Gasteiger partial charge in [0.25, 0.3) is 0 Å². The predicted molar refractivity (Wildman–Crippen MR) is 73.4 cm³/mol. The van der Waals surface area contributed by atoms with E-state index in [0.29, 0.717) is 6.04 Å². The molecule has 0 aliphatic heterocycles. The molecule has 1 aliphatic rings. The summed E-state index contributed by atoms with van der Waals surface area (Å²) in [6, 6.07) is 7.86. The summed E-state index contributed by atoms with van der Waals surface area (Å²) in [7, 11) is 0. The minimum absolute atomic E-state index is 0.0518. The van der Waals surface area contributed by atoms with Gasteiger partial charge in [0.05, 0.1) is 0 Å². The molecule has 0 spiro atoms. The van der Waals surface area contributed by atoms with E-state index >= 15 is 0 Å². The topological polar surface area (TPSA) is 12.0 Å². The van der Waals surface area contributed by atoms with Crippen molar-refractivity contribution in [2.45, 2.75) is 32.4 Å². The van der Waals surface area contributed by atoms with Crippen LogP contribution in [0.25, 0.3) is 0 Å². The van der Waals surface area contributed by atoms with Crippen molar-refractivity contribution in [2.24, 2.45) is 0 Å². The Morgan fingerprint density at radius 3 is 3.06 bits per heavy atom. The van der Waals surface area contributed by atoms with E-state index in [9.17, 15) is 4.39 Å². The Kier molecular flexibility index (Phi) is 3.18. The van der Waals surface area contributed by atoms with Crippen molar-refractivity contribution in [3.63, 3.8) is 0 Å². The van der Waals surface area contributed by atoms with Gasteiger partial charge in [-0.2, -0.15) is 0 Å². The molecule has 1 nitrogen and oxygen atoms in total. The molecule has 0 saturated carbocycles. The largest absolute Gasteiger partial charge is 0.305 e. The first-order valence-corrected chi connectivity index (χ1v) is 7.17.